The van der Waals surface area contributed by atoms with Crippen LogP contribution in [0.3, 0.4) is 0 Å². The van der Waals surface area contributed by atoms with Gasteiger partial charge in [0, 0.05) is 0 Å². The molecule has 0 radical (unpaired) electrons. The van der Waals surface area contributed by atoms with E-state index in [1.165, 1.54) is 5.32 Å². The highest BCUT2D eigenvalue weighted by Gasteiger charge is 2.58. The third-order valence-corrected chi connectivity index (χ3v) is 2.55. The first-order chi connectivity index (χ1) is 9.00. The standard InChI is InChI=1S/C10H8F4N2O4/c1-9(8(17)18,10(12,13)14)15-6-4-2-3-5(11)7(6)16(19)20/h2-4,15H,1H3,(H,17,18). The Morgan fingerprint density at radius 3 is 2.35 bits per heavy atom. The maximum atomic E-state index is 13.3. The number of carboxylic acid groups (broad SMARTS) is 1. The van der Waals surface area contributed by atoms with Crippen LogP contribution in [0.25, 0.3) is 0 Å². The van der Waals surface area contributed by atoms with Gasteiger partial charge in [0.1, 0.15) is 5.69 Å². The number of carbonyl (C=O) groups is 1. The van der Waals surface area contributed by atoms with Gasteiger partial charge < -0.3 is 10.4 Å². The lowest BCUT2D eigenvalue weighted by Crippen LogP contribution is -2.55. The van der Waals surface area contributed by atoms with E-state index in [4.69, 9.17) is 5.11 Å². The molecular formula is C10H8F4N2O4. The summed E-state index contributed by atoms with van der Waals surface area (Å²) in [6, 6.07) is 2.38. The van der Waals surface area contributed by atoms with Crippen molar-refractivity contribution in [3.05, 3.63) is 34.1 Å². The number of hydrogen-bond acceptors (Lipinski definition) is 4. The molecule has 0 aromatic heterocycles. The van der Waals surface area contributed by atoms with Crippen LogP contribution in [0.5, 0.6) is 0 Å². The van der Waals surface area contributed by atoms with E-state index in [-0.39, 0.29) is 6.92 Å². The highest BCUT2D eigenvalue weighted by molar-refractivity contribution is 5.84. The molecule has 1 unspecified atom stereocenters. The van der Waals surface area contributed by atoms with E-state index in [1.807, 2.05) is 0 Å². The first-order valence-electron chi connectivity index (χ1n) is 5.02. The fourth-order valence-electron chi connectivity index (χ4n) is 1.32. The molecule has 0 aliphatic rings. The van der Waals surface area contributed by atoms with Gasteiger partial charge >= 0.3 is 17.8 Å². The number of anilines is 1. The van der Waals surface area contributed by atoms with Crippen LogP contribution in [0.4, 0.5) is 28.9 Å². The zero-order valence-corrected chi connectivity index (χ0v) is 9.86. The summed E-state index contributed by atoms with van der Waals surface area (Å²) in [5, 5.41) is 20.8. The molecule has 0 spiro atoms. The maximum absolute atomic E-state index is 13.3. The molecule has 0 saturated heterocycles. The summed E-state index contributed by atoms with van der Waals surface area (Å²) in [5.41, 5.74) is -5.63. The van der Waals surface area contributed by atoms with Gasteiger partial charge in [-0.3, -0.25) is 10.1 Å². The van der Waals surface area contributed by atoms with E-state index >= 15 is 0 Å². The number of hydrogen-bond donors (Lipinski definition) is 2. The minimum absolute atomic E-state index is 0.282. The second-order valence-corrected chi connectivity index (χ2v) is 3.95. The second-order valence-electron chi connectivity index (χ2n) is 3.95. The van der Waals surface area contributed by atoms with Crippen LogP contribution in [0.15, 0.2) is 18.2 Å². The minimum Gasteiger partial charge on any atom is -0.479 e. The summed E-state index contributed by atoms with van der Waals surface area (Å²) in [6.45, 7) is 0.282. The first-order valence-corrected chi connectivity index (χ1v) is 5.02. The smallest absolute Gasteiger partial charge is 0.422 e. The van der Waals surface area contributed by atoms with Gasteiger partial charge in [0.05, 0.1) is 4.92 Å². The number of rotatable bonds is 4. The number of nitrogens with zero attached hydrogens (tertiary/aromatic N) is 1. The Kier molecular flexibility index (Phi) is 3.87. The van der Waals surface area contributed by atoms with Crippen molar-refractivity contribution in [2.24, 2.45) is 0 Å². The summed E-state index contributed by atoms with van der Waals surface area (Å²) in [7, 11) is 0. The highest BCUT2D eigenvalue weighted by atomic mass is 19.4. The molecule has 10 heteroatoms. The van der Waals surface area contributed by atoms with E-state index in [2.05, 4.69) is 0 Å². The van der Waals surface area contributed by atoms with Gasteiger partial charge in [0.15, 0.2) is 0 Å². The molecule has 0 aliphatic carbocycles. The molecule has 0 heterocycles. The molecule has 110 valence electrons. The number of alkyl halides is 3. The Bertz CT molecular complexity index is 561. The molecule has 2 N–H and O–H groups in total. The van der Waals surface area contributed by atoms with Gasteiger partial charge in [0.25, 0.3) is 0 Å². The number of nitrogens with one attached hydrogen (secondary N) is 1. The van der Waals surface area contributed by atoms with Crippen molar-refractivity contribution in [1.29, 1.82) is 0 Å². The van der Waals surface area contributed by atoms with Gasteiger partial charge in [-0.25, -0.2) is 4.79 Å². The lowest BCUT2D eigenvalue weighted by Gasteiger charge is -2.29. The predicted octanol–water partition coefficient (Wildman–Crippen LogP) is 2.55. The lowest BCUT2D eigenvalue weighted by atomic mass is 10.0. The van der Waals surface area contributed by atoms with Crippen LogP contribution in [0.2, 0.25) is 0 Å². The molecular weight excluding hydrogens is 288 g/mol. The number of aliphatic carboxylic acids is 1. The van der Waals surface area contributed by atoms with Crippen molar-refractivity contribution in [3.63, 3.8) is 0 Å². The highest BCUT2D eigenvalue weighted by Crippen LogP contribution is 2.37. The average Bonchev–Trinajstić information content (AvgIpc) is 2.26. The molecule has 6 nitrogen and oxygen atoms in total. The van der Waals surface area contributed by atoms with Crippen LogP contribution < -0.4 is 5.32 Å². The number of carboxylic acids is 1. The Balaban J connectivity index is 3.38. The summed E-state index contributed by atoms with van der Waals surface area (Å²) >= 11 is 0. The summed E-state index contributed by atoms with van der Waals surface area (Å²) in [6.07, 6.45) is -5.25. The summed E-state index contributed by atoms with van der Waals surface area (Å²) in [4.78, 5) is 20.2. The summed E-state index contributed by atoms with van der Waals surface area (Å²) in [5.74, 6) is -3.68. The average molecular weight is 296 g/mol. The number of benzene rings is 1. The van der Waals surface area contributed by atoms with Crippen molar-refractivity contribution in [2.75, 3.05) is 5.32 Å². The van der Waals surface area contributed by atoms with Gasteiger partial charge in [0.2, 0.25) is 11.4 Å². The van der Waals surface area contributed by atoms with Crippen molar-refractivity contribution >= 4 is 17.3 Å². The largest absolute Gasteiger partial charge is 0.479 e. The van der Waals surface area contributed by atoms with E-state index < -0.39 is 39.8 Å². The Hall–Kier alpha value is -2.39. The molecule has 0 aliphatic heterocycles. The third-order valence-electron chi connectivity index (χ3n) is 2.55. The number of nitro groups is 1. The monoisotopic (exact) mass is 296 g/mol. The number of nitro benzene ring substituents is 1. The minimum atomic E-state index is -5.25. The number of para-hydroxylation sites is 1. The lowest BCUT2D eigenvalue weighted by molar-refractivity contribution is -0.386. The predicted molar refractivity (Wildman–Crippen MR) is 58.8 cm³/mol. The molecule has 0 fully saturated rings. The van der Waals surface area contributed by atoms with Crippen molar-refractivity contribution in [1.82, 2.24) is 0 Å². The van der Waals surface area contributed by atoms with Crippen LogP contribution in [0, 0.1) is 15.9 Å². The van der Waals surface area contributed by atoms with E-state index in [9.17, 15) is 32.5 Å². The van der Waals surface area contributed by atoms with Crippen LogP contribution in [-0.2, 0) is 4.79 Å². The van der Waals surface area contributed by atoms with Crippen molar-refractivity contribution in [2.45, 2.75) is 18.6 Å². The van der Waals surface area contributed by atoms with Gasteiger partial charge in [-0.2, -0.15) is 17.6 Å². The normalized spacial score (nSPS) is 14.4. The fraction of sp³-hybridized carbons (Fsp3) is 0.300. The van der Waals surface area contributed by atoms with E-state index in [0.717, 1.165) is 12.1 Å². The number of halogens is 4. The molecule has 1 aromatic rings. The Morgan fingerprint density at radius 1 is 1.40 bits per heavy atom. The Labute approximate surface area is 109 Å². The van der Waals surface area contributed by atoms with E-state index in [1.54, 1.807) is 0 Å². The van der Waals surface area contributed by atoms with Gasteiger partial charge in [-0.15, -0.1) is 0 Å². The zero-order chi connectivity index (χ0) is 15.7. The van der Waals surface area contributed by atoms with Crippen molar-refractivity contribution < 1.29 is 32.4 Å². The molecule has 1 atom stereocenters. The third kappa shape index (κ3) is 2.63. The van der Waals surface area contributed by atoms with E-state index in [0.29, 0.717) is 6.07 Å². The van der Waals surface area contributed by atoms with Gasteiger partial charge in [-0.05, 0) is 19.1 Å². The maximum Gasteiger partial charge on any atom is 0.422 e. The first kappa shape index (κ1) is 15.7. The molecule has 1 aromatic carbocycles. The molecule has 0 saturated carbocycles. The quantitative estimate of drug-likeness (QED) is 0.506. The fourth-order valence-corrected chi connectivity index (χ4v) is 1.32. The van der Waals surface area contributed by atoms with Crippen LogP contribution >= 0.6 is 0 Å². The topological polar surface area (TPSA) is 92.5 Å². The van der Waals surface area contributed by atoms with Crippen molar-refractivity contribution in [3.8, 4) is 0 Å². The molecule has 20 heavy (non-hydrogen) atoms. The van der Waals surface area contributed by atoms with Crippen LogP contribution in [0.1, 0.15) is 6.92 Å². The molecule has 0 bridgehead atoms. The second kappa shape index (κ2) is 4.94. The van der Waals surface area contributed by atoms with Crippen LogP contribution in [-0.4, -0.2) is 27.7 Å². The molecule has 0 amide bonds. The molecule has 1 rings (SSSR count). The SMILES string of the molecule is CC(Nc1cccc(F)c1[N+](=O)[O-])(C(=O)O)C(F)(F)F. The zero-order valence-electron chi connectivity index (χ0n) is 9.86. The Morgan fingerprint density at radius 2 is 1.95 bits per heavy atom. The summed E-state index contributed by atoms with van der Waals surface area (Å²) < 4.78 is 51.6. The van der Waals surface area contributed by atoms with Gasteiger partial charge in [-0.1, -0.05) is 6.07 Å².